The van der Waals surface area contributed by atoms with Crippen LogP contribution in [0, 0.1) is 5.92 Å². The van der Waals surface area contributed by atoms with Gasteiger partial charge in [-0.2, -0.15) is 0 Å². The molecule has 6 nitrogen and oxygen atoms in total. The second-order valence-electron chi connectivity index (χ2n) is 5.15. The average molecular weight is 303 g/mol. The summed E-state index contributed by atoms with van der Waals surface area (Å²) in [6.07, 6.45) is 3.82. The normalized spacial score (nSPS) is 11.2. The van der Waals surface area contributed by atoms with Gasteiger partial charge < -0.3 is 10.3 Å². The molecule has 0 saturated heterocycles. The van der Waals surface area contributed by atoms with Crippen molar-refractivity contribution in [2.45, 2.75) is 20.3 Å². The fourth-order valence-corrected chi connectivity index (χ4v) is 2.77. The number of H-pyrrole nitrogens is 1. The zero-order valence-corrected chi connectivity index (χ0v) is 12.6. The lowest BCUT2D eigenvalue weighted by molar-refractivity contribution is -0.116. The molecule has 0 atom stereocenters. The van der Waals surface area contributed by atoms with E-state index in [2.05, 4.69) is 25.3 Å². The van der Waals surface area contributed by atoms with Gasteiger partial charge in [0.2, 0.25) is 5.91 Å². The SMILES string of the molecule is CC(C)CC(=O)Nc1nc(-c2ncnc3[nH]ccc23)cs1.[HH]. The van der Waals surface area contributed by atoms with E-state index >= 15 is 0 Å². The Morgan fingerprint density at radius 1 is 1.48 bits per heavy atom. The molecule has 0 aliphatic heterocycles. The summed E-state index contributed by atoms with van der Waals surface area (Å²) in [5.74, 6) is 0.311. The summed E-state index contributed by atoms with van der Waals surface area (Å²) in [5, 5.41) is 6.23. The Bertz CT molecular complexity index is 782. The number of amides is 1. The number of thiazole rings is 1. The van der Waals surface area contributed by atoms with Crippen LogP contribution in [-0.2, 0) is 4.79 Å². The van der Waals surface area contributed by atoms with Gasteiger partial charge in [0.15, 0.2) is 5.13 Å². The lowest BCUT2D eigenvalue weighted by atomic mass is 10.1. The zero-order valence-electron chi connectivity index (χ0n) is 11.8. The predicted octanol–water partition coefficient (Wildman–Crippen LogP) is 3.31. The maximum Gasteiger partial charge on any atom is 0.226 e. The molecular formula is C14H17N5OS. The van der Waals surface area contributed by atoms with E-state index in [9.17, 15) is 4.79 Å². The third-order valence-corrected chi connectivity index (χ3v) is 3.70. The van der Waals surface area contributed by atoms with Gasteiger partial charge >= 0.3 is 0 Å². The first-order chi connectivity index (χ1) is 10.1. The molecule has 3 heterocycles. The summed E-state index contributed by atoms with van der Waals surface area (Å²) in [4.78, 5) is 27.7. The van der Waals surface area contributed by atoms with Crippen molar-refractivity contribution in [2.24, 2.45) is 5.92 Å². The van der Waals surface area contributed by atoms with E-state index < -0.39 is 0 Å². The molecule has 7 heteroatoms. The lowest BCUT2D eigenvalue weighted by Crippen LogP contribution is -2.13. The van der Waals surface area contributed by atoms with E-state index in [-0.39, 0.29) is 7.33 Å². The van der Waals surface area contributed by atoms with E-state index in [1.807, 2.05) is 31.5 Å². The van der Waals surface area contributed by atoms with Crippen molar-refractivity contribution >= 4 is 33.4 Å². The monoisotopic (exact) mass is 303 g/mol. The number of anilines is 1. The molecule has 0 unspecified atom stereocenters. The third kappa shape index (κ3) is 2.92. The van der Waals surface area contributed by atoms with Crippen LogP contribution in [0.5, 0.6) is 0 Å². The topological polar surface area (TPSA) is 83.6 Å². The molecule has 0 spiro atoms. The number of nitrogens with zero attached hydrogens (tertiary/aromatic N) is 3. The van der Waals surface area contributed by atoms with E-state index in [1.54, 1.807) is 0 Å². The van der Waals surface area contributed by atoms with E-state index in [0.717, 1.165) is 22.4 Å². The standard InChI is InChI=1S/C14H15N5OS.H2/c1-8(2)5-11(20)19-14-18-10(6-21-14)12-9-3-4-15-13(9)17-7-16-12;/h3-4,6-8H,5H2,1-2H3,(H,15,16,17)(H,18,19,20);1H. The van der Waals surface area contributed by atoms with Gasteiger partial charge in [-0.05, 0) is 12.0 Å². The molecule has 0 aromatic carbocycles. The van der Waals surface area contributed by atoms with Gasteiger partial charge in [0.25, 0.3) is 0 Å². The largest absolute Gasteiger partial charge is 0.346 e. The predicted molar refractivity (Wildman–Crippen MR) is 85.2 cm³/mol. The van der Waals surface area contributed by atoms with Gasteiger partial charge in [-0.15, -0.1) is 11.3 Å². The third-order valence-electron chi connectivity index (χ3n) is 2.94. The van der Waals surface area contributed by atoms with Crippen LogP contribution in [0.2, 0.25) is 0 Å². The Morgan fingerprint density at radius 3 is 3.14 bits per heavy atom. The molecule has 0 bridgehead atoms. The van der Waals surface area contributed by atoms with Crippen LogP contribution < -0.4 is 5.32 Å². The molecule has 0 radical (unpaired) electrons. The van der Waals surface area contributed by atoms with Crippen molar-refractivity contribution in [1.82, 2.24) is 19.9 Å². The summed E-state index contributed by atoms with van der Waals surface area (Å²) >= 11 is 1.40. The molecule has 21 heavy (non-hydrogen) atoms. The first-order valence-corrected chi connectivity index (χ1v) is 7.55. The molecule has 3 rings (SSSR count). The number of aromatic nitrogens is 4. The summed E-state index contributed by atoms with van der Waals surface area (Å²) in [7, 11) is 0. The van der Waals surface area contributed by atoms with Crippen LogP contribution >= 0.6 is 11.3 Å². The second-order valence-corrected chi connectivity index (χ2v) is 6.00. The number of hydrogen-bond acceptors (Lipinski definition) is 5. The molecule has 110 valence electrons. The van der Waals surface area contributed by atoms with Gasteiger partial charge in [-0.25, -0.2) is 15.0 Å². The van der Waals surface area contributed by atoms with Crippen molar-refractivity contribution in [1.29, 1.82) is 0 Å². The summed E-state index contributed by atoms with van der Waals surface area (Å²) in [6.45, 7) is 4.02. The molecule has 0 saturated carbocycles. The number of fused-ring (bicyclic) bond motifs is 1. The van der Waals surface area contributed by atoms with Crippen molar-refractivity contribution in [2.75, 3.05) is 5.32 Å². The maximum absolute atomic E-state index is 11.8. The highest BCUT2D eigenvalue weighted by molar-refractivity contribution is 7.14. The molecule has 1 amide bonds. The van der Waals surface area contributed by atoms with E-state index in [0.29, 0.717) is 17.5 Å². The summed E-state index contributed by atoms with van der Waals surface area (Å²) in [6, 6.07) is 1.92. The van der Waals surface area contributed by atoms with Crippen LogP contribution in [0.3, 0.4) is 0 Å². The van der Waals surface area contributed by atoms with Crippen molar-refractivity contribution < 1.29 is 6.22 Å². The van der Waals surface area contributed by atoms with Gasteiger partial charge in [0.1, 0.15) is 23.4 Å². The molecule has 0 aliphatic carbocycles. The van der Waals surface area contributed by atoms with Crippen LogP contribution in [0.15, 0.2) is 24.0 Å². The minimum absolute atomic E-state index is 0. The Kier molecular flexibility index (Phi) is 3.66. The molecule has 3 aromatic heterocycles. The number of rotatable bonds is 4. The fourth-order valence-electron chi connectivity index (χ4n) is 2.06. The molecular weight excluding hydrogens is 286 g/mol. The molecule has 3 aromatic rings. The minimum atomic E-state index is -0.0135. The molecule has 0 fully saturated rings. The number of hydrogen-bond donors (Lipinski definition) is 2. The highest BCUT2D eigenvalue weighted by Crippen LogP contribution is 2.28. The van der Waals surface area contributed by atoms with Crippen molar-refractivity contribution in [3.8, 4) is 11.4 Å². The quantitative estimate of drug-likeness (QED) is 0.774. The molecule has 2 N–H and O–H groups in total. The first-order valence-electron chi connectivity index (χ1n) is 6.67. The Balaban J connectivity index is 0.00000176. The first kappa shape index (κ1) is 13.7. The van der Waals surface area contributed by atoms with Crippen molar-refractivity contribution in [3.63, 3.8) is 0 Å². The van der Waals surface area contributed by atoms with Crippen LogP contribution in [0.4, 0.5) is 5.13 Å². The number of carbonyl (C=O) groups excluding carboxylic acids is 1. The second kappa shape index (κ2) is 5.61. The summed E-state index contributed by atoms with van der Waals surface area (Å²) in [5.41, 5.74) is 2.28. The van der Waals surface area contributed by atoms with Crippen LogP contribution in [0.25, 0.3) is 22.4 Å². The van der Waals surface area contributed by atoms with E-state index in [1.165, 1.54) is 17.7 Å². The number of aromatic amines is 1. The zero-order chi connectivity index (χ0) is 14.8. The average Bonchev–Trinajstić information content (AvgIpc) is 3.05. The van der Waals surface area contributed by atoms with Gasteiger partial charge in [-0.3, -0.25) is 4.79 Å². The number of nitrogens with one attached hydrogen (secondary N) is 2. The number of carbonyl (C=O) groups is 1. The van der Waals surface area contributed by atoms with Gasteiger partial charge in [0.05, 0.1) is 0 Å². The highest BCUT2D eigenvalue weighted by atomic mass is 32.1. The fraction of sp³-hybridized carbons (Fsp3) is 0.286. The smallest absolute Gasteiger partial charge is 0.226 e. The van der Waals surface area contributed by atoms with Crippen LogP contribution in [0.1, 0.15) is 21.7 Å². The van der Waals surface area contributed by atoms with E-state index in [4.69, 9.17) is 0 Å². The Hall–Kier alpha value is -2.28. The van der Waals surface area contributed by atoms with Crippen LogP contribution in [-0.4, -0.2) is 25.8 Å². The summed E-state index contributed by atoms with van der Waals surface area (Å²) < 4.78 is 0. The molecule has 0 aliphatic rings. The Morgan fingerprint density at radius 2 is 2.33 bits per heavy atom. The maximum atomic E-state index is 11.8. The van der Waals surface area contributed by atoms with Crippen molar-refractivity contribution in [3.05, 3.63) is 24.0 Å². The Labute approximate surface area is 127 Å². The van der Waals surface area contributed by atoms with Gasteiger partial charge in [-0.1, -0.05) is 13.8 Å². The lowest BCUT2D eigenvalue weighted by Gasteiger charge is -2.03. The minimum Gasteiger partial charge on any atom is -0.346 e. The highest BCUT2D eigenvalue weighted by Gasteiger charge is 2.12. The van der Waals surface area contributed by atoms with Gasteiger partial charge in [0, 0.05) is 24.8 Å².